The van der Waals surface area contributed by atoms with E-state index in [2.05, 4.69) is 4.99 Å². The van der Waals surface area contributed by atoms with E-state index in [1.165, 1.54) is 30.0 Å². The maximum absolute atomic E-state index is 11.3. The fourth-order valence-corrected chi connectivity index (χ4v) is 4.60. The number of rotatable bonds is 13. The molecule has 1 heterocycles. The number of aliphatic carboxylic acids is 1. The summed E-state index contributed by atoms with van der Waals surface area (Å²) in [5.74, 6) is -0.141. The van der Waals surface area contributed by atoms with E-state index in [4.69, 9.17) is 23.5 Å². The molecule has 3 rings (SSSR count). The summed E-state index contributed by atoms with van der Waals surface area (Å²) in [7, 11) is -2.40. The zero-order valence-corrected chi connectivity index (χ0v) is 23.1. The molecule has 0 radical (unpaired) electrons. The Kier molecular flexibility index (Phi) is 12.5. The first-order valence-corrected chi connectivity index (χ1v) is 14.0. The number of nitrogens with zero attached hydrogens (tertiary/aromatic N) is 1. The molecular weight excluding hydrogens is 538 g/mol. The summed E-state index contributed by atoms with van der Waals surface area (Å²) in [6, 6.07) is 10.9. The van der Waals surface area contributed by atoms with Gasteiger partial charge in [-0.25, -0.2) is 4.79 Å². The number of hydrogen-bond acceptors (Lipinski definition) is 10. The molecular formula is C25H33NO10S2. The first-order valence-electron chi connectivity index (χ1n) is 11.6. The molecule has 0 amide bonds. The van der Waals surface area contributed by atoms with E-state index in [1.54, 1.807) is 38.3 Å². The van der Waals surface area contributed by atoms with Crippen LogP contribution in [0, 0.1) is 6.92 Å². The summed E-state index contributed by atoms with van der Waals surface area (Å²) >= 11 is 1.31. The van der Waals surface area contributed by atoms with Crippen molar-refractivity contribution in [3.8, 4) is 11.5 Å². The van der Waals surface area contributed by atoms with Crippen LogP contribution < -0.4 is 4.74 Å². The van der Waals surface area contributed by atoms with Crippen LogP contribution in [-0.4, -0.2) is 92.2 Å². The molecule has 0 aliphatic carbocycles. The Bertz CT molecular complexity index is 1190. The quantitative estimate of drug-likeness (QED) is 0.239. The molecule has 0 spiro atoms. The minimum Gasteiger partial charge on any atom is -0.507 e. The highest BCUT2D eigenvalue weighted by Crippen LogP contribution is 2.35. The summed E-state index contributed by atoms with van der Waals surface area (Å²) < 4.78 is 50.6. The van der Waals surface area contributed by atoms with Crippen LogP contribution >= 0.6 is 11.8 Å². The largest absolute Gasteiger partial charge is 0.507 e. The fraction of sp³-hybridized carbons (Fsp3) is 0.440. The Hall–Kier alpha value is -2.68. The monoisotopic (exact) mass is 571 g/mol. The van der Waals surface area contributed by atoms with Gasteiger partial charge in [-0.3, -0.25) is 9.55 Å². The molecule has 0 saturated carbocycles. The summed E-state index contributed by atoms with van der Waals surface area (Å²) in [5.41, 5.74) is 0.297. The Morgan fingerprint density at radius 3 is 2.16 bits per heavy atom. The van der Waals surface area contributed by atoms with Crippen molar-refractivity contribution in [2.24, 2.45) is 4.99 Å². The Morgan fingerprint density at radius 1 is 1.03 bits per heavy atom. The average Bonchev–Trinajstić information content (AvgIpc) is 3.26. The van der Waals surface area contributed by atoms with Gasteiger partial charge in [0, 0.05) is 24.5 Å². The number of thioether (sulfide) groups is 1. The second-order valence-electron chi connectivity index (χ2n) is 8.32. The summed E-state index contributed by atoms with van der Waals surface area (Å²) in [6.45, 7) is 6.20. The van der Waals surface area contributed by atoms with E-state index in [1.807, 2.05) is 6.92 Å². The lowest BCUT2D eigenvalue weighted by molar-refractivity contribution is -0.141. The number of ether oxygens (including phenoxy) is 4. The maximum Gasteiger partial charge on any atom is 0.332 e. The van der Waals surface area contributed by atoms with Crippen molar-refractivity contribution < 1.29 is 46.9 Å². The van der Waals surface area contributed by atoms with E-state index in [0.717, 1.165) is 5.56 Å². The molecule has 0 aromatic heterocycles. The molecule has 1 aliphatic heterocycles. The van der Waals surface area contributed by atoms with E-state index in [0.29, 0.717) is 61.8 Å². The SMILES string of the molecule is COCCOCCOCCOc1ccc(C2=NC(C)(C(=O)O)CS2)c(O)c1.Cc1ccc(S(=O)(=O)O)cc1. The van der Waals surface area contributed by atoms with Gasteiger partial charge < -0.3 is 29.2 Å². The average molecular weight is 572 g/mol. The standard InChI is InChI=1S/C18H25NO7S.C7H8O3S/c1-18(17(21)22)12-27-16(19-18)14-4-3-13(11-15(14)20)26-10-9-25-8-7-24-6-5-23-2;1-6-2-4-7(5-3-6)11(8,9)10/h3-4,11,20H,5-10,12H2,1-2H3,(H,21,22);2-5H,1H3,(H,8,9,10). The molecule has 38 heavy (non-hydrogen) atoms. The van der Waals surface area contributed by atoms with Crippen LogP contribution in [0.3, 0.4) is 0 Å². The lowest BCUT2D eigenvalue weighted by Crippen LogP contribution is -2.33. The van der Waals surface area contributed by atoms with Gasteiger partial charge in [0.1, 0.15) is 23.1 Å². The van der Waals surface area contributed by atoms with Crippen molar-refractivity contribution in [2.75, 3.05) is 52.5 Å². The zero-order valence-electron chi connectivity index (χ0n) is 21.5. The van der Waals surface area contributed by atoms with Crippen LogP contribution in [0.15, 0.2) is 52.4 Å². The van der Waals surface area contributed by atoms with Gasteiger partial charge in [0.05, 0.1) is 37.9 Å². The third kappa shape index (κ3) is 10.2. The van der Waals surface area contributed by atoms with Crippen LogP contribution in [0.5, 0.6) is 11.5 Å². The Morgan fingerprint density at radius 2 is 1.63 bits per heavy atom. The van der Waals surface area contributed by atoms with Crippen molar-refractivity contribution in [2.45, 2.75) is 24.3 Å². The zero-order chi connectivity index (χ0) is 28.2. The highest BCUT2D eigenvalue weighted by molar-refractivity contribution is 8.14. The molecule has 13 heteroatoms. The predicted octanol–water partition coefficient (Wildman–Crippen LogP) is 3.03. The molecule has 3 N–H and O–H groups in total. The number of methoxy groups -OCH3 is 1. The van der Waals surface area contributed by atoms with E-state index >= 15 is 0 Å². The van der Waals surface area contributed by atoms with Crippen molar-refractivity contribution >= 4 is 32.9 Å². The number of carboxylic acid groups (broad SMARTS) is 1. The number of aromatic hydroxyl groups is 1. The Balaban J connectivity index is 0.000000384. The third-order valence-electron chi connectivity index (χ3n) is 5.12. The minimum atomic E-state index is -4.02. The van der Waals surface area contributed by atoms with Gasteiger partial charge in [-0.05, 0) is 38.1 Å². The molecule has 210 valence electrons. The fourth-order valence-electron chi connectivity index (χ4n) is 2.92. The molecule has 1 aliphatic rings. The summed E-state index contributed by atoms with van der Waals surface area (Å²) in [6.07, 6.45) is 0. The topological polar surface area (TPSA) is 161 Å². The summed E-state index contributed by atoms with van der Waals surface area (Å²) in [5, 5.41) is 20.0. The second-order valence-corrected chi connectivity index (χ2v) is 10.7. The number of hydrogen-bond donors (Lipinski definition) is 3. The Labute approximate surface area is 226 Å². The van der Waals surface area contributed by atoms with Crippen molar-refractivity contribution in [1.29, 1.82) is 0 Å². The number of phenolic OH excluding ortho intramolecular Hbond substituents is 1. The molecule has 2 aromatic rings. The molecule has 0 saturated heterocycles. The van der Waals surface area contributed by atoms with Gasteiger partial charge in [0.15, 0.2) is 5.54 Å². The van der Waals surface area contributed by atoms with Gasteiger partial charge in [0.25, 0.3) is 10.1 Å². The number of benzene rings is 2. The normalized spacial score (nSPS) is 16.9. The van der Waals surface area contributed by atoms with Crippen LogP contribution in [0.25, 0.3) is 0 Å². The van der Waals surface area contributed by atoms with Crippen LogP contribution in [0.1, 0.15) is 18.1 Å². The first kappa shape index (κ1) is 31.5. The molecule has 1 atom stereocenters. The third-order valence-corrected chi connectivity index (χ3v) is 7.28. The van der Waals surface area contributed by atoms with Crippen molar-refractivity contribution in [3.05, 3.63) is 53.6 Å². The number of phenols is 1. The number of aliphatic imine (C=N–C) groups is 1. The molecule has 11 nitrogen and oxygen atoms in total. The second kappa shape index (κ2) is 15.0. The maximum atomic E-state index is 11.3. The lowest BCUT2D eigenvalue weighted by atomic mass is 10.1. The van der Waals surface area contributed by atoms with E-state index in [-0.39, 0.29) is 10.6 Å². The number of carbonyl (C=O) groups is 1. The molecule has 1 unspecified atom stereocenters. The molecule has 0 bridgehead atoms. The number of aryl methyl sites for hydroxylation is 1. The molecule has 0 fully saturated rings. The van der Waals surface area contributed by atoms with Gasteiger partial charge in [-0.1, -0.05) is 17.7 Å². The first-order chi connectivity index (χ1) is 18.0. The van der Waals surface area contributed by atoms with Crippen molar-refractivity contribution in [1.82, 2.24) is 0 Å². The molecule has 2 aromatic carbocycles. The van der Waals surface area contributed by atoms with Gasteiger partial charge >= 0.3 is 5.97 Å². The van der Waals surface area contributed by atoms with E-state index < -0.39 is 21.6 Å². The lowest BCUT2D eigenvalue weighted by Gasteiger charge is -2.12. The van der Waals surface area contributed by atoms with Gasteiger partial charge in [-0.2, -0.15) is 8.42 Å². The van der Waals surface area contributed by atoms with Gasteiger partial charge in [0.2, 0.25) is 0 Å². The highest BCUT2D eigenvalue weighted by Gasteiger charge is 2.39. The highest BCUT2D eigenvalue weighted by atomic mass is 32.2. The number of carboxylic acids is 1. The smallest absolute Gasteiger partial charge is 0.332 e. The predicted molar refractivity (Wildman–Crippen MR) is 143 cm³/mol. The van der Waals surface area contributed by atoms with Crippen molar-refractivity contribution in [3.63, 3.8) is 0 Å². The van der Waals surface area contributed by atoms with Crippen LogP contribution in [-0.2, 0) is 29.1 Å². The van der Waals surface area contributed by atoms with E-state index in [9.17, 15) is 23.4 Å². The minimum absolute atomic E-state index is 0.000787. The van der Waals surface area contributed by atoms with Crippen LogP contribution in [0.4, 0.5) is 0 Å². The summed E-state index contributed by atoms with van der Waals surface area (Å²) in [4.78, 5) is 15.4. The van der Waals surface area contributed by atoms with Gasteiger partial charge in [-0.15, -0.1) is 11.8 Å². The van der Waals surface area contributed by atoms with Crippen LogP contribution in [0.2, 0.25) is 0 Å².